The van der Waals surface area contributed by atoms with Gasteiger partial charge in [0, 0.05) is 21.9 Å². The lowest BCUT2D eigenvalue weighted by Crippen LogP contribution is -2.22. The van der Waals surface area contributed by atoms with Crippen molar-refractivity contribution in [2.45, 2.75) is 19.1 Å². The number of anilines is 2. The zero-order chi connectivity index (χ0) is 31.6. The van der Waals surface area contributed by atoms with E-state index in [1.165, 1.54) is 0 Å². The number of aromatic amines is 2. The fraction of sp³-hybridized carbons (Fsp3) is 0.133. The monoisotopic (exact) mass is 670 g/mol. The summed E-state index contributed by atoms with van der Waals surface area (Å²) >= 11 is 12.6. The van der Waals surface area contributed by atoms with E-state index in [1.54, 1.807) is 26.0 Å². The van der Waals surface area contributed by atoms with E-state index in [1.807, 2.05) is 72.8 Å². The molecule has 0 amide bonds. The third-order valence-electron chi connectivity index (χ3n) is 6.61. The number of aromatic nitrogens is 4. The van der Waals surface area contributed by atoms with E-state index >= 15 is 0 Å². The van der Waals surface area contributed by atoms with Crippen molar-refractivity contribution in [3.8, 4) is 22.3 Å². The first-order valence-corrected chi connectivity index (χ1v) is 17.5. The van der Waals surface area contributed by atoms with Crippen LogP contribution < -0.4 is 9.44 Å². The lowest BCUT2D eigenvalue weighted by molar-refractivity contribution is 0.592. The summed E-state index contributed by atoms with van der Waals surface area (Å²) in [6, 6.07) is 26.5. The number of nitrogens with zero attached hydrogens (tertiary/aromatic N) is 2. The summed E-state index contributed by atoms with van der Waals surface area (Å²) in [5.41, 5.74) is 4.91. The zero-order valence-corrected chi connectivity index (χ0v) is 26.9. The Hall–Kier alpha value is -4.10. The van der Waals surface area contributed by atoms with Crippen molar-refractivity contribution in [3.05, 3.63) is 95.0 Å². The molecule has 0 atom stereocenters. The fourth-order valence-electron chi connectivity index (χ4n) is 4.34. The van der Waals surface area contributed by atoms with Gasteiger partial charge in [0.1, 0.15) is 0 Å². The highest BCUT2D eigenvalue weighted by atomic mass is 35.5. The minimum Gasteiger partial charge on any atom is -0.276 e. The average Bonchev–Trinajstić information content (AvgIpc) is 3.54. The number of sulfonamides is 2. The van der Waals surface area contributed by atoms with Crippen molar-refractivity contribution in [1.82, 2.24) is 20.4 Å². The summed E-state index contributed by atoms with van der Waals surface area (Å²) in [7, 11) is -6.86. The molecule has 0 radical (unpaired) electrons. The Balaban J connectivity index is 0.000000175. The second-order valence-electron chi connectivity index (χ2n) is 10.2. The normalized spacial score (nSPS) is 11.9. The topological polar surface area (TPSA) is 150 Å². The molecule has 0 aliphatic heterocycles. The fourth-order valence-corrected chi connectivity index (χ4v) is 6.05. The van der Waals surface area contributed by atoms with Crippen molar-refractivity contribution >= 4 is 76.7 Å². The van der Waals surface area contributed by atoms with Crippen LogP contribution in [0.3, 0.4) is 0 Å². The molecule has 228 valence electrons. The van der Waals surface area contributed by atoms with Crippen molar-refractivity contribution in [3.63, 3.8) is 0 Å². The van der Waals surface area contributed by atoms with Crippen LogP contribution in [0.1, 0.15) is 13.8 Å². The molecule has 6 rings (SSSR count). The van der Waals surface area contributed by atoms with Crippen LogP contribution in [0.15, 0.2) is 84.9 Å². The Morgan fingerprint density at radius 1 is 0.659 bits per heavy atom. The van der Waals surface area contributed by atoms with Crippen LogP contribution in [-0.2, 0) is 20.0 Å². The molecule has 4 aromatic carbocycles. The summed E-state index contributed by atoms with van der Waals surface area (Å²) in [4.78, 5) is 0. The molecule has 44 heavy (non-hydrogen) atoms. The second-order valence-corrected chi connectivity index (χ2v) is 15.0. The molecule has 0 aliphatic carbocycles. The van der Waals surface area contributed by atoms with Gasteiger partial charge in [-0.15, -0.1) is 0 Å². The molecule has 0 bridgehead atoms. The van der Waals surface area contributed by atoms with Gasteiger partial charge in [-0.1, -0.05) is 83.9 Å². The van der Waals surface area contributed by atoms with Gasteiger partial charge in [0.25, 0.3) is 0 Å². The second kappa shape index (κ2) is 12.5. The Morgan fingerprint density at radius 2 is 1.07 bits per heavy atom. The number of benzene rings is 4. The van der Waals surface area contributed by atoms with E-state index in [-0.39, 0.29) is 11.6 Å². The Labute approximate surface area is 264 Å². The van der Waals surface area contributed by atoms with E-state index in [0.29, 0.717) is 31.9 Å². The van der Waals surface area contributed by atoms with Gasteiger partial charge in [0.2, 0.25) is 20.0 Å². The molecular formula is C30H28Cl2N6O4S2. The van der Waals surface area contributed by atoms with Gasteiger partial charge in [-0.25, -0.2) is 16.8 Å². The molecule has 0 saturated heterocycles. The van der Waals surface area contributed by atoms with Crippen LogP contribution in [-0.4, -0.2) is 48.7 Å². The number of hydrogen-bond acceptors (Lipinski definition) is 6. The predicted octanol–water partition coefficient (Wildman–Crippen LogP) is 7.29. The lowest BCUT2D eigenvalue weighted by Gasteiger charge is -2.09. The standard InChI is InChI=1S/C16H16ClN3O2S.C14H12ClN3O2S/c1-10(2)23(21,22)20-16-13-8-12(11-6-4-3-5-7-11)14(17)9-15(13)18-19-16;1-21(19,20)18-14-11-7-10(9-5-3-2-4-6-9)12(15)8-13(11)16-17-14/h3-10H,1-2H3,(H2,18,19,20);2-8H,1H3,(H2,16,17,18). The molecular weight excluding hydrogens is 643 g/mol. The summed E-state index contributed by atoms with van der Waals surface area (Å²) in [5.74, 6) is 0.545. The van der Waals surface area contributed by atoms with Crippen LogP contribution >= 0.6 is 23.2 Å². The van der Waals surface area contributed by atoms with Crippen LogP contribution in [0.4, 0.5) is 11.6 Å². The van der Waals surface area contributed by atoms with Crippen LogP contribution in [0, 0.1) is 0 Å². The molecule has 6 aromatic rings. The van der Waals surface area contributed by atoms with Gasteiger partial charge in [-0.05, 0) is 49.2 Å². The molecule has 0 aliphatic rings. The minimum atomic E-state index is -3.47. The number of nitrogens with one attached hydrogen (secondary N) is 4. The molecule has 0 saturated carbocycles. The quantitative estimate of drug-likeness (QED) is 0.140. The van der Waals surface area contributed by atoms with E-state index in [4.69, 9.17) is 23.2 Å². The summed E-state index contributed by atoms with van der Waals surface area (Å²) in [5, 5.41) is 15.6. The molecule has 0 unspecified atom stereocenters. The third-order valence-corrected chi connectivity index (χ3v) is 9.52. The van der Waals surface area contributed by atoms with E-state index in [2.05, 4.69) is 29.8 Å². The zero-order valence-electron chi connectivity index (χ0n) is 23.8. The van der Waals surface area contributed by atoms with Crippen LogP contribution in [0.25, 0.3) is 44.1 Å². The highest BCUT2D eigenvalue weighted by Gasteiger charge is 2.20. The van der Waals surface area contributed by atoms with Crippen molar-refractivity contribution < 1.29 is 16.8 Å². The maximum absolute atomic E-state index is 12.1. The predicted molar refractivity (Wildman–Crippen MR) is 179 cm³/mol. The maximum atomic E-state index is 12.1. The maximum Gasteiger partial charge on any atom is 0.236 e. The first kappa shape index (κ1) is 31.3. The molecule has 0 spiro atoms. The number of rotatable bonds is 7. The van der Waals surface area contributed by atoms with Crippen molar-refractivity contribution in [2.24, 2.45) is 0 Å². The van der Waals surface area contributed by atoms with Gasteiger partial charge >= 0.3 is 0 Å². The van der Waals surface area contributed by atoms with E-state index in [9.17, 15) is 16.8 Å². The first-order valence-electron chi connectivity index (χ1n) is 13.3. The number of H-pyrrole nitrogens is 2. The molecule has 2 aromatic heterocycles. The van der Waals surface area contributed by atoms with Gasteiger partial charge in [-0.2, -0.15) is 10.2 Å². The Morgan fingerprint density at radius 3 is 1.45 bits per heavy atom. The summed E-state index contributed by atoms with van der Waals surface area (Å²) in [6.45, 7) is 3.23. The number of fused-ring (bicyclic) bond motifs is 2. The third kappa shape index (κ3) is 6.99. The van der Waals surface area contributed by atoms with E-state index < -0.39 is 25.3 Å². The first-order chi connectivity index (χ1) is 20.8. The van der Waals surface area contributed by atoms with Crippen LogP contribution in [0.2, 0.25) is 10.0 Å². The van der Waals surface area contributed by atoms with Gasteiger partial charge in [0.05, 0.1) is 32.6 Å². The largest absolute Gasteiger partial charge is 0.276 e. The van der Waals surface area contributed by atoms with Gasteiger partial charge in [-0.3, -0.25) is 19.6 Å². The molecule has 10 nitrogen and oxygen atoms in total. The molecule has 4 N–H and O–H groups in total. The van der Waals surface area contributed by atoms with Crippen molar-refractivity contribution in [2.75, 3.05) is 15.7 Å². The van der Waals surface area contributed by atoms with Crippen LogP contribution in [0.5, 0.6) is 0 Å². The summed E-state index contributed by atoms with van der Waals surface area (Å²) < 4.78 is 51.8. The van der Waals surface area contributed by atoms with E-state index in [0.717, 1.165) is 28.5 Å². The highest BCUT2D eigenvalue weighted by Crippen LogP contribution is 2.35. The number of hydrogen-bond donors (Lipinski definition) is 4. The lowest BCUT2D eigenvalue weighted by atomic mass is 10.0. The van der Waals surface area contributed by atoms with Gasteiger partial charge in [0.15, 0.2) is 11.6 Å². The molecule has 0 fully saturated rings. The van der Waals surface area contributed by atoms with Gasteiger partial charge < -0.3 is 0 Å². The molecule has 14 heteroatoms. The minimum absolute atomic E-state index is 0.265. The Kier molecular flexibility index (Phi) is 8.89. The van der Waals surface area contributed by atoms with Crippen molar-refractivity contribution in [1.29, 1.82) is 0 Å². The smallest absolute Gasteiger partial charge is 0.236 e. The number of halogens is 2. The molecule has 2 heterocycles. The highest BCUT2D eigenvalue weighted by molar-refractivity contribution is 7.93. The Bertz CT molecular complexity index is 2170. The summed E-state index contributed by atoms with van der Waals surface area (Å²) in [6.07, 6.45) is 1.08. The SMILES string of the molecule is CC(C)S(=O)(=O)Nc1n[nH]c2cc(Cl)c(-c3ccccc3)cc12.CS(=O)(=O)Nc1n[nH]c2cc(Cl)c(-c3ccccc3)cc12. The average molecular weight is 672 g/mol.